The van der Waals surface area contributed by atoms with E-state index in [4.69, 9.17) is 24.0 Å². The number of nitrogens with one attached hydrogen (secondary N) is 1. The Morgan fingerprint density at radius 1 is 1.30 bits per heavy atom. The molecular weight excluding hydrogens is 530 g/mol. The highest BCUT2D eigenvalue weighted by Gasteiger charge is 2.29. The lowest BCUT2D eigenvalue weighted by atomic mass is 9.99. The summed E-state index contributed by atoms with van der Waals surface area (Å²) in [6, 6.07) is 7.55. The van der Waals surface area contributed by atoms with Crippen LogP contribution in [0.5, 0.6) is 5.75 Å². The third-order valence-corrected chi connectivity index (χ3v) is 9.50. The van der Waals surface area contributed by atoms with Crippen LogP contribution < -0.4 is 10.1 Å². The van der Waals surface area contributed by atoms with Gasteiger partial charge in [0, 0.05) is 45.8 Å². The fourth-order valence-electron chi connectivity index (χ4n) is 4.99. The van der Waals surface area contributed by atoms with Crippen molar-refractivity contribution in [2.45, 2.75) is 52.7 Å². The Morgan fingerprint density at radius 2 is 2.10 bits per heavy atom. The van der Waals surface area contributed by atoms with Crippen LogP contribution in [0.2, 0.25) is 0 Å². The second-order valence-corrected chi connectivity index (χ2v) is 12.8. The molecule has 1 aromatic carbocycles. The molecule has 3 aromatic rings. The number of aliphatic hydroxyl groups excluding tert-OH is 1. The van der Waals surface area contributed by atoms with Gasteiger partial charge in [0.1, 0.15) is 24.2 Å². The van der Waals surface area contributed by atoms with E-state index in [0.717, 1.165) is 40.2 Å². The molecule has 218 valence electrons. The lowest BCUT2D eigenvalue weighted by molar-refractivity contribution is 0.0318. The van der Waals surface area contributed by atoms with Gasteiger partial charge in [-0.25, -0.2) is 14.3 Å². The summed E-state index contributed by atoms with van der Waals surface area (Å²) in [6.45, 7) is 10.0. The van der Waals surface area contributed by atoms with E-state index in [1.54, 1.807) is 7.05 Å². The average Bonchev–Trinajstić information content (AvgIpc) is 3.29. The molecule has 1 aliphatic rings. The van der Waals surface area contributed by atoms with Crippen molar-refractivity contribution in [3.8, 4) is 28.4 Å². The number of hydrogen-bond donors (Lipinski definition) is 2. The highest BCUT2D eigenvalue weighted by atomic mass is 32.2. The van der Waals surface area contributed by atoms with Gasteiger partial charge in [0.05, 0.1) is 30.2 Å². The fraction of sp³-hybridized carbons (Fsp3) is 0.517. The molecule has 40 heavy (non-hydrogen) atoms. The van der Waals surface area contributed by atoms with Gasteiger partial charge < -0.3 is 24.4 Å². The van der Waals surface area contributed by atoms with E-state index in [1.807, 2.05) is 56.3 Å². The standard InChI is InChI=1S/C29H41N5O5S/c1-7-40(6,36)34-13-14-37-17-23(34)11-12-26-19(2)28(27-20(3)33-39-21(27)4)32-29(31-26)22-9-8-10-25(15-22)38-18-24(35)16-30-5/h8-10,15,23-24,30,35H,6-7,11-14,16-18H2,1-5H3/t23-,24?,40?/m0/s1. The number of ether oxygens (including phenoxy) is 2. The summed E-state index contributed by atoms with van der Waals surface area (Å²) in [5.74, 6) is 6.40. The molecule has 10 nitrogen and oxygen atoms in total. The number of aromatic nitrogens is 3. The van der Waals surface area contributed by atoms with Crippen LogP contribution in [0.1, 0.15) is 36.1 Å². The summed E-state index contributed by atoms with van der Waals surface area (Å²) in [5, 5.41) is 17.1. The summed E-state index contributed by atoms with van der Waals surface area (Å²) in [7, 11) is -0.562. The van der Waals surface area contributed by atoms with Crippen LogP contribution in [0.4, 0.5) is 0 Å². The van der Waals surface area contributed by atoms with E-state index in [9.17, 15) is 9.32 Å². The first kappa shape index (κ1) is 30.1. The molecule has 1 aliphatic heterocycles. The van der Waals surface area contributed by atoms with Crippen molar-refractivity contribution in [1.82, 2.24) is 24.7 Å². The molecule has 3 heterocycles. The third kappa shape index (κ3) is 6.90. The third-order valence-electron chi connectivity index (χ3n) is 7.26. The topological polar surface area (TPSA) is 123 Å². The van der Waals surface area contributed by atoms with Crippen LogP contribution in [0.3, 0.4) is 0 Å². The quantitative estimate of drug-likeness (QED) is 0.316. The minimum Gasteiger partial charge on any atom is -0.491 e. The van der Waals surface area contributed by atoms with Gasteiger partial charge in [0.2, 0.25) is 0 Å². The Labute approximate surface area is 237 Å². The van der Waals surface area contributed by atoms with Gasteiger partial charge in [-0.3, -0.25) is 4.21 Å². The van der Waals surface area contributed by atoms with Gasteiger partial charge in [-0.15, -0.1) is 0 Å². The zero-order chi connectivity index (χ0) is 28.9. The number of rotatable bonds is 12. The molecule has 1 saturated heterocycles. The Balaban J connectivity index is 1.69. The van der Waals surface area contributed by atoms with Gasteiger partial charge in [0.25, 0.3) is 0 Å². The maximum absolute atomic E-state index is 13.2. The van der Waals surface area contributed by atoms with Gasteiger partial charge >= 0.3 is 0 Å². The zero-order valence-electron chi connectivity index (χ0n) is 24.1. The van der Waals surface area contributed by atoms with Gasteiger partial charge in [0.15, 0.2) is 5.82 Å². The van der Waals surface area contributed by atoms with E-state index in [0.29, 0.717) is 55.8 Å². The molecule has 0 amide bonds. The van der Waals surface area contributed by atoms with E-state index in [1.165, 1.54) is 0 Å². The molecular formula is C29H41N5O5S. The van der Waals surface area contributed by atoms with Crippen LogP contribution in [0.25, 0.3) is 22.6 Å². The summed E-state index contributed by atoms with van der Waals surface area (Å²) in [4.78, 5) is 9.98. The SMILES string of the molecule is C=S(=O)(CC)N1CCOC[C@@H]1CCc1nc(-c2cccc(OCC(O)CNC)c2)nc(-c2c(C)noc2C)c1C. The molecule has 0 aliphatic carbocycles. The number of aliphatic hydroxyl groups is 1. The Kier molecular flexibility index (Phi) is 9.96. The molecule has 0 radical (unpaired) electrons. The van der Waals surface area contributed by atoms with Crippen molar-refractivity contribution in [2.75, 3.05) is 45.7 Å². The van der Waals surface area contributed by atoms with Crippen LogP contribution >= 0.6 is 0 Å². The lowest BCUT2D eigenvalue weighted by Gasteiger charge is -2.37. The van der Waals surface area contributed by atoms with Crippen LogP contribution in [-0.4, -0.2) is 92.5 Å². The maximum Gasteiger partial charge on any atom is 0.160 e. The average molecular weight is 572 g/mol. The Hall–Kier alpha value is -2.83. The monoisotopic (exact) mass is 571 g/mol. The zero-order valence-corrected chi connectivity index (χ0v) is 24.9. The first-order chi connectivity index (χ1) is 19.1. The number of morpholine rings is 1. The molecule has 2 unspecified atom stereocenters. The molecule has 1 fully saturated rings. The minimum atomic E-state index is -2.35. The summed E-state index contributed by atoms with van der Waals surface area (Å²) in [5.41, 5.74) is 5.04. The summed E-state index contributed by atoms with van der Waals surface area (Å²) < 4.78 is 32.3. The highest BCUT2D eigenvalue weighted by molar-refractivity contribution is 7.98. The molecule has 2 N–H and O–H groups in total. The predicted octanol–water partition coefficient (Wildman–Crippen LogP) is 2.97. The predicted molar refractivity (Wildman–Crippen MR) is 158 cm³/mol. The highest BCUT2D eigenvalue weighted by Crippen LogP contribution is 2.33. The second kappa shape index (κ2) is 13.2. The van der Waals surface area contributed by atoms with Crippen molar-refractivity contribution in [3.63, 3.8) is 0 Å². The number of hydrogen-bond acceptors (Lipinski definition) is 9. The first-order valence-corrected chi connectivity index (χ1v) is 15.6. The second-order valence-electron chi connectivity index (χ2n) is 10.2. The van der Waals surface area contributed by atoms with Crippen molar-refractivity contribution in [2.24, 2.45) is 0 Å². The maximum atomic E-state index is 13.2. The Morgan fingerprint density at radius 3 is 2.80 bits per heavy atom. The van der Waals surface area contributed by atoms with Crippen molar-refractivity contribution in [3.05, 3.63) is 47.0 Å². The van der Waals surface area contributed by atoms with E-state index < -0.39 is 15.8 Å². The molecule has 0 saturated carbocycles. The molecule has 11 heteroatoms. The number of aryl methyl sites for hydroxylation is 3. The number of likely N-dealkylation sites (N-methyl/N-ethyl adjacent to an activating group) is 1. The van der Waals surface area contributed by atoms with E-state index >= 15 is 0 Å². The van der Waals surface area contributed by atoms with E-state index in [-0.39, 0.29) is 12.6 Å². The minimum absolute atomic E-state index is 0.0141. The van der Waals surface area contributed by atoms with Crippen molar-refractivity contribution >= 4 is 15.6 Å². The molecule has 0 spiro atoms. The largest absolute Gasteiger partial charge is 0.491 e. The van der Waals surface area contributed by atoms with Gasteiger partial charge in [-0.2, -0.15) is 0 Å². The van der Waals surface area contributed by atoms with E-state index in [2.05, 4.69) is 16.3 Å². The molecule has 2 aromatic heterocycles. The molecule has 3 atom stereocenters. The van der Waals surface area contributed by atoms with Gasteiger partial charge in [-0.1, -0.05) is 24.2 Å². The van der Waals surface area contributed by atoms with Crippen molar-refractivity contribution < 1.29 is 23.3 Å². The number of benzene rings is 1. The van der Waals surface area contributed by atoms with Gasteiger partial charge in [-0.05, 0) is 64.2 Å². The molecule has 4 rings (SSSR count). The molecule has 0 bridgehead atoms. The number of nitrogens with zero attached hydrogens (tertiary/aromatic N) is 4. The lowest BCUT2D eigenvalue weighted by Crippen LogP contribution is -2.49. The normalized spacial score (nSPS) is 18.4. The van der Waals surface area contributed by atoms with Crippen LogP contribution in [-0.2, 0) is 20.9 Å². The summed E-state index contributed by atoms with van der Waals surface area (Å²) in [6.07, 6.45) is 0.747. The van der Waals surface area contributed by atoms with Crippen molar-refractivity contribution in [1.29, 1.82) is 0 Å². The fourth-order valence-corrected chi connectivity index (χ4v) is 6.43. The Bertz CT molecular complexity index is 1390. The van der Waals surface area contributed by atoms with Crippen LogP contribution in [0.15, 0.2) is 28.8 Å². The summed E-state index contributed by atoms with van der Waals surface area (Å²) >= 11 is 0. The van der Waals surface area contributed by atoms with Crippen LogP contribution in [0, 0.1) is 20.8 Å². The smallest absolute Gasteiger partial charge is 0.160 e. The first-order valence-electron chi connectivity index (χ1n) is 13.7.